The second-order valence-corrected chi connectivity index (χ2v) is 28.2. The van der Waals surface area contributed by atoms with Crippen LogP contribution in [0, 0.1) is 0 Å². The van der Waals surface area contributed by atoms with E-state index in [1.54, 1.807) is 0 Å². The van der Waals surface area contributed by atoms with E-state index in [9.17, 15) is 5.11 Å². The van der Waals surface area contributed by atoms with Crippen molar-refractivity contribution in [3.05, 3.63) is 22.3 Å². The van der Waals surface area contributed by atoms with Gasteiger partial charge in [0.1, 0.15) is 0 Å². The van der Waals surface area contributed by atoms with Gasteiger partial charge < -0.3 is 0 Å². The van der Waals surface area contributed by atoms with Crippen LogP contribution in [0.15, 0.2) is 22.3 Å². The molecule has 0 saturated carbocycles. The van der Waals surface area contributed by atoms with Gasteiger partial charge in [0.15, 0.2) is 0 Å². The van der Waals surface area contributed by atoms with E-state index in [1.807, 2.05) is 19.1 Å². The molecule has 0 fully saturated rings. The van der Waals surface area contributed by atoms with Crippen LogP contribution in [0.1, 0.15) is 87.0 Å². The number of aliphatic hydroxyl groups excluding tert-OH is 1. The Hall–Kier alpha value is 0.416. The zero-order valence-electron chi connectivity index (χ0n) is 21.2. The first-order valence-electron chi connectivity index (χ1n) is 12.2. The first-order chi connectivity index (χ1) is 13.5. The van der Waals surface area contributed by atoms with Gasteiger partial charge in [0.25, 0.3) is 0 Å². The molecule has 0 radical (unpaired) electrons. The van der Waals surface area contributed by atoms with E-state index in [0.717, 1.165) is 0 Å². The number of hydrogen-bond donors (Lipinski definition) is 1. The Morgan fingerprint density at radius 1 is 0.897 bits per heavy atom. The molecule has 0 amide bonds. The summed E-state index contributed by atoms with van der Waals surface area (Å²) in [6.45, 7) is 20.3. The molecule has 0 aromatic heterocycles. The third kappa shape index (κ3) is 11.0. The predicted octanol–water partition coefficient (Wildman–Crippen LogP) is 8.26. The standard InChI is InChI=1S/C13H25O2Si.3C4H9.Sn/c1-8-10-11(14)12(9-2)15-16(6,7)13(3,4)5;3*1-3-4-2;/h2,8-12,14H,1,3-7H3;3*1,3-4H2,2H3;/b9-2?,10-8+;;;;/t11-,12+;;;;/m1..../s1. The minimum absolute atomic E-state index is 0.141. The average molecular weight is 531 g/mol. The molecule has 4 heteroatoms. The SMILES string of the molecule is C/C=C/[C@@H](O)[C@H](/C=[CH]/[Sn]([CH2]CCC)([CH2]CCC)[CH2]CCC)O[Si](C)(C)C(C)(C)C. The Labute approximate surface area is 188 Å². The van der Waals surface area contributed by atoms with Gasteiger partial charge in [0.2, 0.25) is 0 Å². The van der Waals surface area contributed by atoms with Gasteiger partial charge >= 0.3 is 189 Å². The van der Waals surface area contributed by atoms with Gasteiger partial charge in [-0.25, -0.2) is 0 Å². The van der Waals surface area contributed by atoms with Gasteiger partial charge in [-0.15, -0.1) is 0 Å². The number of aliphatic hydroxyl groups is 1. The van der Waals surface area contributed by atoms with Crippen molar-refractivity contribution in [2.75, 3.05) is 0 Å². The zero-order valence-corrected chi connectivity index (χ0v) is 25.0. The van der Waals surface area contributed by atoms with E-state index in [4.69, 9.17) is 4.43 Å². The Morgan fingerprint density at radius 2 is 1.34 bits per heavy atom. The summed E-state index contributed by atoms with van der Waals surface area (Å²) in [5.41, 5.74) is 0. The second kappa shape index (κ2) is 14.5. The van der Waals surface area contributed by atoms with E-state index in [0.29, 0.717) is 0 Å². The second-order valence-electron chi connectivity index (χ2n) is 10.4. The van der Waals surface area contributed by atoms with Crippen LogP contribution in [-0.2, 0) is 4.43 Å². The van der Waals surface area contributed by atoms with Crippen molar-refractivity contribution in [1.29, 1.82) is 0 Å². The van der Waals surface area contributed by atoms with Gasteiger partial charge in [-0.05, 0) is 0 Å². The van der Waals surface area contributed by atoms with Crippen LogP contribution in [0.4, 0.5) is 0 Å². The van der Waals surface area contributed by atoms with Gasteiger partial charge in [0.05, 0.1) is 0 Å². The third-order valence-corrected chi connectivity index (χ3v) is 25.3. The molecule has 0 aromatic rings. The fraction of sp³-hybridized carbons (Fsp3) is 0.840. The molecular formula is C25H52O2SiSn. The summed E-state index contributed by atoms with van der Waals surface area (Å²) in [5, 5.41) is 11.0. The summed E-state index contributed by atoms with van der Waals surface area (Å²) < 4.78 is 13.7. The summed E-state index contributed by atoms with van der Waals surface area (Å²) in [4.78, 5) is 0. The molecule has 0 bridgehead atoms. The number of allylic oxidation sites excluding steroid dienone is 1. The molecule has 0 aromatic carbocycles. The third-order valence-electron chi connectivity index (χ3n) is 6.69. The van der Waals surface area contributed by atoms with E-state index >= 15 is 0 Å². The fourth-order valence-corrected chi connectivity index (χ4v) is 19.1. The van der Waals surface area contributed by atoms with Crippen molar-refractivity contribution in [3.63, 3.8) is 0 Å². The summed E-state index contributed by atoms with van der Waals surface area (Å²) in [6.07, 6.45) is 13.3. The predicted molar refractivity (Wildman–Crippen MR) is 137 cm³/mol. The molecule has 0 saturated heterocycles. The van der Waals surface area contributed by atoms with E-state index in [-0.39, 0.29) is 11.1 Å². The molecule has 0 spiro atoms. The van der Waals surface area contributed by atoms with Crippen molar-refractivity contribution >= 4 is 26.7 Å². The monoisotopic (exact) mass is 532 g/mol. The first kappa shape index (κ1) is 29.4. The topological polar surface area (TPSA) is 29.5 Å². The van der Waals surface area contributed by atoms with Crippen molar-refractivity contribution in [2.45, 2.75) is 131 Å². The molecule has 0 unspecified atom stereocenters. The Kier molecular flexibility index (Phi) is 14.7. The van der Waals surface area contributed by atoms with Gasteiger partial charge in [-0.1, -0.05) is 0 Å². The molecule has 172 valence electrons. The quantitative estimate of drug-likeness (QED) is 0.170. The number of rotatable bonds is 15. The van der Waals surface area contributed by atoms with Gasteiger partial charge in [-0.2, -0.15) is 0 Å². The molecule has 0 aliphatic rings. The van der Waals surface area contributed by atoms with Crippen LogP contribution >= 0.6 is 0 Å². The summed E-state index contributed by atoms with van der Waals surface area (Å²) in [7, 11) is -1.95. The van der Waals surface area contributed by atoms with E-state index < -0.39 is 32.8 Å². The van der Waals surface area contributed by atoms with Crippen molar-refractivity contribution < 1.29 is 9.53 Å². The summed E-state index contributed by atoms with van der Waals surface area (Å²) >= 11 is -2.38. The molecule has 29 heavy (non-hydrogen) atoms. The number of unbranched alkanes of at least 4 members (excludes halogenated alkanes) is 3. The molecule has 0 rings (SSSR count). The van der Waals surface area contributed by atoms with Crippen LogP contribution in [0.3, 0.4) is 0 Å². The minimum atomic E-state index is -2.38. The summed E-state index contributed by atoms with van der Waals surface area (Å²) in [6, 6.07) is 0. The normalized spacial score (nSPS) is 16.1. The zero-order chi connectivity index (χ0) is 22.6. The van der Waals surface area contributed by atoms with Crippen LogP contribution in [0.5, 0.6) is 0 Å². The molecule has 0 aliphatic carbocycles. The van der Waals surface area contributed by atoms with Crippen LogP contribution in [0.2, 0.25) is 31.4 Å². The molecule has 2 nitrogen and oxygen atoms in total. The Bertz CT molecular complexity index is 458. The van der Waals surface area contributed by atoms with Crippen LogP contribution in [0.25, 0.3) is 0 Å². The molecule has 2 atom stereocenters. The molecule has 0 aliphatic heterocycles. The maximum absolute atomic E-state index is 10.8. The van der Waals surface area contributed by atoms with Crippen molar-refractivity contribution in [3.8, 4) is 0 Å². The number of hydrogen-bond acceptors (Lipinski definition) is 2. The molecule has 0 heterocycles. The summed E-state index contributed by atoms with van der Waals surface area (Å²) in [5.74, 6) is 0. The Balaban J connectivity index is 5.85. The average Bonchev–Trinajstić information content (AvgIpc) is 2.64. The van der Waals surface area contributed by atoms with Gasteiger partial charge in [-0.3, -0.25) is 0 Å². The Morgan fingerprint density at radius 3 is 1.69 bits per heavy atom. The maximum atomic E-state index is 10.8. The first-order valence-corrected chi connectivity index (χ1v) is 22.8. The van der Waals surface area contributed by atoms with Gasteiger partial charge in [0, 0.05) is 0 Å². The molecule has 1 N–H and O–H groups in total. The van der Waals surface area contributed by atoms with Crippen molar-refractivity contribution in [1.82, 2.24) is 0 Å². The van der Waals surface area contributed by atoms with Crippen LogP contribution in [-0.4, -0.2) is 44.0 Å². The van der Waals surface area contributed by atoms with E-state index in [1.165, 1.54) is 51.8 Å². The fourth-order valence-electron chi connectivity index (χ4n) is 3.56. The van der Waals surface area contributed by atoms with Crippen LogP contribution < -0.4 is 0 Å². The molecular weight excluding hydrogens is 479 g/mol. The van der Waals surface area contributed by atoms with Crippen molar-refractivity contribution in [2.24, 2.45) is 0 Å². The van der Waals surface area contributed by atoms with E-state index in [2.05, 4.69) is 64.8 Å².